The number of aliphatic imine (C=N–C) groups is 1. The average molecular weight is 532 g/mol. The van der Waals surface area contributed by atoms with Gasteiger partial charge in [0, 0.05) is 6.54 Å². The van der Waals surface area contributed by atoms with Crippen LogP contribution in [0.2, 0.25) is 0 Å². The monoisotopic (exact) mass is 531 g/mol. The Morgan fingerprint density at radius 2 is 1.89 bits per heavy atom. The van der Waals surface area contributed by atoms with Crippen molar-refractivity contribution in [2.75, 3.05) is 0 Å². The number of guanidine groups is 1. The topological polar surface area (TPSA) is 106 Å². The van der Waals surface area contributed by atoms with Crippen LogP contribution in [0.25, 0.3) is 5.70 Å². The third kappa shape index (κ3) is 7.50. The Bertz CT molecular complexity index is 1170. The Labute approximate surface area is 221 Å². The number of nitrogens with two attached hydrogens (primary N) is 2. The summed E-state index contributed by atoms with van der Waals surface area (Å²) in [6.45, 7) is 12.1. The quantitative estimate of drug-likeness (QED) is 0.152. The van der Waals surface area contributed by atoms with Gasteiger partial charge >= 0.3 is 6.36 Å². The van der Waals surface area contributed by atoms with E-state index < -0.39 is 6.36 Å². The van der Waals surface area contributed by atoms with Gasteiger partial charge in [-0.05, 0) is 59.4 Å². The minimum Gasteiger partial charge on any atom is -0.411 e. The molecule has 0 bridgehead atoms. The Morgan fingerprint density at radius 1 is 1.24 bits per heavy atom. The van der Waals surface area contributed by atoms with Gasteiger partial charge in [0.2, 0.25) is 11.9 Å². The Balaban J connectivity index is 1.88. The summed E-state index contributed by atoms with van der Waals surface area (Å²) in [5.74, 6) is 5.22. The van der Waals surface area contributed by atoms with E-state index in [1.165, 1.54) is 13.0 Å². The molecule has 3 rings (SSSR count). The number of nitrogens with zero attached hydrogens (tertiary/aromatic N) is 2. The van der Waals surface area contributed by atoms with E-state index >= 15 is 0 Å². The Hall–Kier alpha value is -3.53. The number of rotatable bonds is 6. The first-order chi connectivity index (χ1) is 17.7. The molecule has 2 aliphatic rings. The fourth-order valence-corrected chi connectivity index (χ4v) is 4.80. The molecular weight excluding hydrogens is 495 g/mol. The Kier molecular flexibility index (Phi) is 8.76. The van der Waals surface area contributed by atoms with Crippen LogP contribution >= 0.6 is 0 Å². The molecule has 0 spiro atoms. The second-order valence-electron chi connectivity index (χ2n) is 10.7. The van der Waals surface area contributed by atoms with Gasteiger partial charge in [0.05, 0.1) is 18.2 Å². The van der Waals surface area contributed by atoms with Crippen molar-refractivity contribution >= 4 is 17.6 Å². The van der Waals surface area contributed by atoms with Gasteiger partial charge in [0.1, 0.15) is 5.76 Å². The predicted molar refractivity (Wildman–Crippen MR) is 143 cm³/mol. The van der Waals surface area contributed by atoms with Gasteiger partial charge < -0.3 is 15.4 Å². The standard InChI is InChI=1S/C28H36F3N5O2/c1-17(38-28(29,30)31)6-9-21-14-25(37)36(24-13-12-22(15-23(21)24)27(3,4)5)16-19-7-10-20(11-8-19)18(2)34-26(32)35-33/h6-11,15,22,24H,2,12-14,16,33H2,1,3-5H3,(H3,32,34,35)/b17-6+,21-9-. The molecule has 1 heterocycles. The van der Waals surface area contributed by atoms with Gasteiger partial charge in [-0.1, -0.05) is 63.8 Å². The molecule has 1 amide bonds. The molecule has 1 saturated heterocycles. The molecule has 0 radical (unpaired) electrons. The second-order valence-corrected chi connectivity index (χ2v) is 10.7. The summed E-state index contributed by atoms with van der Waals surface area (Å²) in [4.78, 5) is 19.2. The molecule has 1 aromatic rings. The third-order valence-corrected chi connectivity index (χ3v) is 6.85. The SMILES string of the molecule is C=C(N=C(N)NN)c1ccc(CN2C(=O)C/C(=C/C=C(\C)OC(F)(F)F)C3=CC(C(C)(C)C)CCC32)cc1. The smallest absolute Gasteiger partial charge is 0.411 e. The van der Waals surface area contributed by atoms with E-state index in [1.54, 1.807) is 6.08 Å². The van der Waals surface area contributed by atoms with E-state index in [0.717, 1.165) is 35.1 Å². The highest BCUT2D eigenvalue weighted by Gasteiger charge is 2.39. The van der Waals surface area contributed by atoms with Gasteiger partial charge in [-0.3, -0.25) is 10.2 Å². The number of benzene rings is 1. The molecule has 206 valence electrons. The van der Waals surface area contributed by atoms with Crippen molar-refractivity contribution in [1.29, 1.82) is 0 Å². The summed E-state index contributed by atoms with van der Waals surface area (Å²) >= 11 is 0. The van der Waals surface area contributed by atoms with Crippen molar-refractivity contribution in [2.45, 2.75) is 65.9 Å². The van der Waals surface area contributed by atoms with Gasteiger partial charge in [-0.25, -0.2) is 10.8 Å². The van der Waals surface area contributed by atoms with E-state index in [0.29, 0.717) is 12.2 Å². The molecule has 7 nitrogen and oxygen atoms in total. The summed E-state index contributed by atoms with van der Waals surface area (Å²) in [5, 5.41) is 0. The lowest BCUT2D eigenvalue weighted by molar-refractivity contribution is -0.305. The molecular formula is C28H36F3N5O2. The number of ether oxygens (including phenoxy) is 1. The van der Waals surface area contributed by atoms with E-state index in [1.807, 2.05) is 29.2 Å². The largest absolute Gasteiger partial charge is 0.572 e. The lowest BCUT2D eigenvalue weighted by Gasteiger charge is -2.44. The molecule has 0 aromatic heterocycles. The van der Waals surface area contributed by atoms with Gasteiger partial charge in [0.15, 0.2) is 0 Å². The number of alkyl halides is 3. The number of hydrogen-bond donors (Lipinski definition) is 3. The summed E-state index contributed by atoms with van der Waals surface area (Å²) < 4.78 is 41.8. The minimum atomic E-state index is -4.76. The Morgan fingerprint density at radius 3 is 2.47 bits per heavy atom. The number of likely N-dealkylation sites (tertiary alicyclic amines) is 1. The zero-order valence-corrected chi connectivity index (χ0v) is 22.2. The van der Waals surface area contributed by atoms with Crippen molar-refractivity contribution in [2.24, 2.45) is 27.9 Å². The van der Waals surface area contributed by atoms with Gasteiger partial charge in [-0.15, -0.1) is 13.2 Å². The van der Waals surface area contributed by atoms with Crippen LogP contribution in [-0.2, 0) is 16.1 Å². The highest BCUT2D eigenvalue weighted by molar-refractivity contribution is 5.84. The van der Waals surface area contributed by atoms with Crippen molar-refractivity contribution in [3.8, 4) is 0 Å². The molecule has 2 unspecified atom stereocenters. The van der Waals surface area contributed by atoms with Crippen LogP contribution in [0.15, 0.2) is 71.0 Å². The van der Waals surface area contributed by atoms with Crippen molar-refractivity contribution in [1.82, 2.24) is 10.3 Å². The first kappa shape index (κ1) is 29.0. The number of allylic oxidation sites excluding steroid dienone is 4. The molecule has 1 aliphatic heterocycles. The zero-order valence-electron chi connectivity index (χ0n) is 22.2. The number of carbonyl (C=O) groups excluding carboxylic acids is 1. The summed E-state index contributed by atoms with van der Waals surface area (Å²) in [7, 11) is 0. The number of hydrazine groups is 1. The van der Waals surface area contributed by atoms with Crippen molar-refractivity contribution in [3.63, 3.8) is 0 Å². The third-order valence-electron chi connectivity index (χ3n) is 6.85. The number of piperidine rings is 1. The van der Waals surface area contributed by atoms with Crippen molar-refractivity contribution < 1.29 is 22.7 Å². The normalized spacial score (nSPS) is 22.2. The maximum Gasteiger partial charge on any atom is 0.572 e. The molecule has 5 N–H and O–H groups in total. The van der Waals surface area contributed by atoms with E-state index in [-0.39, 0.29) is 41.4 Å². The van der Waals surface area contributed by atoms with Crippen LogP contribution in [-0.4, -0.2) is 29.2 Å². The number of carbonyl (C=O) groups is 1. The van der Waals surface area contributed by atoms with Gasteiger partial charge in [-0.2, -0.15) is 0 Å². The number of fused-ring (bicyclic) bond motifs is 1. The van der Waals surface area contributed by atoms with Crippen LogP contribution < -0.4 is 17.0 Å². The summed E-state index contributed by atoms with van der Waals surface area (Å²) in [6.07, 6.45) is 2.10. The first-order valence-corrected chi connectivity index (χ1v) is 12.4. The molecule has 10 heteroatoms. The molecule has 1 fully saturated rings. The van der Waals surface area contributed by atoms with E-state index in [4.69, 9.17) is 11.6 Å². The highest BCUT2D eigenvalue weighted by Crippen LogP contribution is 2.43. The lowest BCUT2D eigenvalue weighted by Crippen LogP contribution is -2.47. The van der Waals surface area contributed by atoms with Crippen molar-refractivity contribution in [3.05, 3.63) is 77.1 Å². The maximum absolute atomic E-state index is 13.3. The fraction of sp³-hybridized carbons (Fsp3) is 0.429. The zero-order chi connectivity index (χ0) is 28.3. The van der Waals surface area contributed by atoms with E-state index in [2.05, 4.69) is 48.6 Å². The summed E-state index contributed by atoms with van der Waals surface area (Å²) in [5.41, 5.74) is 11.7. The van der Waals surface area contributed by atoms with Crippen LogP contribution in [0.1, 0.15) is 58.1 Å². The van der Waals surface area contributed by atoms with Crippen LogP contribution in [0.4, 0.5) is 13.2 Å². The fourth-order valence-electron chi connectivity index (χ4n) is 4.80. The maximum atomic E-state index is 13.3. The predicted octanol–water partition coefficient (Wildman–Crippen LogP) is 5.29. The van der Waals surface area contributed by atoms with E-state index in [9.17, 15) is 18.0 Å². The number of nitrogens with one attached hydrogen (secondary N) is 1. The molecule has 38 heavy (non-hydrogen) atoms. The molecule has 1 aromatic carbocycles. The number of hydrogen-bond acceptors (Lipinski definition) is 4. The minimum absolute atomic E-state index is 0.0179. The number of halogens is 3. The van der Waals surface area contributed by atoms with Crippen LogP contribution in [0, 0.1) is 11.3 Å². The highest BCUT2D eigenvalue weighted by atomic mass is 19.4. The lowest BCUT2D eigenvalue weighted by atomic mass is 9.70. The molecule has 0 saturated carbocycles. The van der Waals surface area contributed by atoms with Crippen LogP contribution in [0.3, 0.4) is 0 Å². The molecule has 1 aliphatic carbocycles. The number of amides is 1. The van der Waals surface area contributed by atoms with Crippen LogP contribution in [0.5, 0.6) is 0 Å². The van der Waals surface area contributed by atoms with Gasteiger partial charge in [0.25, 0.3) is 0 Å². The molecule has 2 atom stereocenters. The second kappa shape index (κ2) is 11.5. The first-order valence-electron chi connectivity index (χ1n) is 12.4. The summed E-state index contributed by atoms with van der Waals surface area (Å²) in [6, 6.07) is 7.36. The average Bonchev–Trinajstić information content (AvgIpc) is 2.83.